The lowest BCUT2D eigenvalue weighted by Crippen LogP contribution is -2.15. The molecule has 0 aliphatic rings. The Hall–Kier alpha value is -2.90. The van der Waals surface area contributed by atoms with E-state index in [1.807, 2.05) is 37.3 Å². The van der Waals surface area contributed by atoms with E-state index in [2.05, 4.69) is 14.7 Å². The van der Waals surface area contributed by atoms with Crippen LogP contribution in [0.15, 0.2) is 71.9 Å². The van der Waals surface area contributed by atoms with Gasteiger partial charge in [0.05, 0.1) is 16.1 Å². The molecule has 0 unspecified atom stereocenters. The molecule has 0 radical (unpaired) electrons. The van der Waals surface area contributed by atoms with Gasteiger partial charge in [-0.05, 0) is 19.1 Å². The first-order chi connectivity index (χ1) is 12.9. The van der Waals surface area contributed by atoms with Crippen molar-refractivity contribution >= 4 is 33.2 Å². The van der Waals surface area contributed by atoms with Gasteiger partial charge in [-0.2, -0.15) is 0 Å². The van der Waals surface area contributed by atoms with E-state index >= 15 is 0 Å². The van der Waals surface area contributed by atoms with Gasteiger partial charge in [0, 0.05) is 11.8 Å². The predicted molar refractivity (Wildman–Crippen MR) is 105 cm³/mol. The standard InChI is InChI=1S/C19H15ClN4O2S/c1-13-7-9-16(10-8-13)27(25,26)23-18-17(14-5-3-2-4-6-14)22-19-21-11-15(20)12-24(18)19/h2-12,23H,1H3. The van der Waals surface area contributed by atoms with Crippen molar-refractivity contribution in [3.05, 3.63) is 77.6 Å². The molecule has 0 saturated heterocycles. The van der Waals surface area contributed by atoms with Crippen LogP contribution in [0.25, 0.3) is 17.0 Å². The van der Waals surface area contributed by atoms with E-state index in [1.165, 1.54) is 10.6 Å². The van der Waals surface area contributed by atoms with Crippen LogP contribution in [-0.4, -0.2) is 22.8 Å². The number of hydrogen-bond acceptors (Lipinski definition) is 4. The number of halogens is 1. The molecule has 0 aliphatic carbocycles. The van der Waals surface area contributed by atoms with Crippen molar-refractivity contribution < 1.29 is 8.42 Å². The van der Waals surface area contributed by atoms with Crippen LogP contribution < -0.4 is 4.72 Å². The average Bonchev–Trinajstić information content (AvgIpc) is 3.00. The van der Waals surface area contributed by atoms with Crippen LogP contribution in [0.2, 0.25) is 5.02 Å². The van der Waals surface area contributed by atoms with Crippen molar-refractivity contribution in [1.82, 2.24) is 14.4 Å². The van der Waals surface area contributed by atoms with E-state index in [4.69, 9.17) is 11.6 Å². The molecule has 1 N–H and O–H groups in total. The van der Waals surface area contributed by atoms with Gasteiger partial charge in [-0.25, -0.2) is 18.4 Å². The van der Waals surface area contributed by atoms with Crippen molar-refractivity contribution in [3.8, 4) is 11.3 Å². The van der Waals surface area contributed by atoms with Crippen LogP contribution in [-0.2, 0) is 10.0 Å². The fourth-order valence-electron chi connectivity index (χ4n) is 2.71. The molecule has 0 fully saturated rings. The number of nitrogens with one attached hydrogen (secondary N) is 1. The number of sulfonamides is 1. The average molecular weight is 399 g/mol. The highest BCUT2D eigenvalue weighted by atomic mass is 35.5. The molecule has 2 aromatic heterocycles. The fourth-order valence-corrected chi connectivity index (χ4v) is 3.92. The zero-order valence-electron chi connectivity index (χ0n) is 14.3. The number of aromatic nitrogens is 3. The van der Waals surface area contributed by atoms with Gasteiger partial charge in [0.2, 0.25) is 5.78 Å². The number of rotatable bonds is 4. The molecule has 4 rings (SSSR count). The van der Waals surface area contributed by atoms with Gasteiger partial charge in [-0.3, -0.25) is 9.12 Å². The Bertz CT molecular complexity index is 1220. The zero-order valence-corrected chi connectivity index (χ0v) is 15.9. The lowest BCUT2D eigenvalue weighted by molar-refractivity contribution is 0.601. The summed E-state index contributed by atoms with van der Waals surface area (Å²) in [7, 11) is -3.82. The molecule has 0 spiro atoms. The highest BCUT2D eigenvalue weighted by Crippen LogP contribution is 2.30. The van der Waals surface area contributed by atoms with Gasteiger partial charge in [0.25, 0.3) is 10.0 Å². The first-order valence-electron chi connectivity index (χ1n) is 8.12. The van der Waals surface area contributed by atoms with Gasteiger partial charge in [-0.1, -0.05) is 59.6 Å². The molecule has 27 heavy (non-hydrogen) atoms. The van der Waals surface area contributed by atoms with Crippen molar-refractivity contribution in [2.75, 3.05) is 4.72 Å². The highest BCUT2D eigenvalue weighted by molar-refractivity contribution is 7.92. The number of nitrogens with zero attached hydrogens (tertiary/aromatic N) is 3. The molecular formula is C19H15ClN4O2S. The van der Waals surface area contributed by atoms with Crippen molar-refractivity contribution in [1.29, 1.82) is 0 Å². The molecule has 8 heteroatoms. The lowest BCUT2D eigenvalue weighted by atomic mass is 10.1. The molecular weight excluding hydrogens is 384 g/mol. The molecule has 0 atom stereocenters. The summed E-state index contributed by atoms with van der Waals surface area (Å²) in [6.45, 7) is 1.90. The number of anilines is 1. The third-order valence-corrected chi connectivity index (χ3v) is 5.61. The van der Waals surface area contributed by atoms with Gasteiger partial charge in [0.15, 0.2) is 5.82 Å². The van der Waals surface area contributed by atoms with Gasteiger partial charge in [-0.15, -0.1) is 0 Å². The summed E-state index contributed by atoms with van der Waals surface area (Å²) in [4.78, 5) is 8.83. The maximum Gasteiger partial charge on any atom is 0.263 e. The lowest BCUT2D eigenvalue weighted by Gasteiger charge is -2.10. The number of imidazole rings is 1. The fraction of sp³-hybridized carbons (Fsp3) is 0.0526. The van der Waals surface area contributed by atoms with Crippen LogP contribution >= 0.6 is 11.6 Å². The Morgan fingerprint density at radius 3 is 2.44 bits per heavy atom. The van der Waals surface area contributed by atoms with Crippen molar-refractivity contribution in [2.45, 2.75) is 11.8 Å². The second-order valence-corrected chi connectivity index (χ2v) is 8.15. The summed E-state index contributed by atoms with van der Waals surface area (Å²) in [5.74, 6) is 0.631. The van der Waals surface area contributed by atoms with Crippen molar-refractivity contribution in [3.63, 3.8) is 0 Å². The van der Waals surface area contributed by atoms with Gasteiger partial charge in [0.1, 0.15) is 5.69 Å². The molecule has 4 aromatic rings. The third-order valence-electron chi connectivity index (χ3n) is 4.06. The molecule has 136 valence electrons. The minimum atomic E-state index is -3.82. The molecule has 0 amide bonds. The number of aryl methyl sites for hydroxylation is 1. The Labute approximate surface area is 161 Å². The largest absolute Gasteiger partial charge is 0.267 e. The normalized spacial score (nSPS) is 11.6. The quantitative estimate of drug-likeness (QED) is 0.560. The summed E-state index contributed by atoms with van der Waals surface area (Å²) >= 11 is 6.06. The summed E-state index contributed by atoms with van der Waals surface area (Å²) in [5, 5.41) is 0.371. The topological polar surface area (TPSA) is 76.4 Å². The molecule has 2 heterocycles. The van der Waals surface area contributed by atoms with Crippen LogP contribution in [0.3, 0.4) is 0 Å². The van der Waals surface area contributed by atoms with Crippen LogP contribution in [0.4, 0.5) is 5.82 Å². The van der Waals surface area contributed by atoms with E-state index < -0.39 is 10.0 Å². The summed E-state index contributed by atoms with van der Waals surface area (Å²) in [6, 6.07) is 15.9. The number of fused-ring (bicyclic) bond motifs is 1. The summed E-state index contributed by atoms with van der Waals surface area (Å²) in [5.41, 5.74) is 2.21. The van der Waals surface area contributed by atoms with E-state index in [0.717, 1.165) is 11.1 Å². The third kappa shape index (κ3) is 3.39. The SMILES string of the molecule is Cc1ccc(S(=O)(=O)Nc2c(-c3ccccc3)nc3ncc(Cl)cn23)cc1. The summed E-state index contributed by atoms with van der Waals surface area (Å²) in [6.07, 6.45) is 3.05. The van der Waals surface area contributed by atoms with E-state index in [0.29, 0.717) is 16.5 Å². The van der Waals surface area contributed by atoms with Crippen LogP contribution in [0.1, 0.15) is 5.56 Å². The van der Waals surface area contributed by atoms with E-state index in [-0.39, 0.29) is 10.7 Å². The molecule has 0 saturated carbocycles. The molecule has 6 nitrogen and oxygen atoms in total. The first-order valence-corrected chi connectivity index (χ1v) is 9.99. The maximum atomic E-state index is 12.9. The molecule has 2 aromatic carbocycles. The maximum absolute atomic E-state index is 12.9. The Morgan fingerprint density at radius 2 is 1.74 bits per heavy atom. The smallest absolute Gasteiger partial charge is 0.263 e. The number of benzene rings is 2. The number of hydrogen-bond donors (Lipinski definition) is 1. The van der Waals surface area contributed by atoms with Gasteiger partial charge >= 0.3 is 0 Å². The molecule has 0 aliphatic heterocycles. The molecule has 0 bridgehead atoms. The minimum absolute atomic E-state index is 0.164. The Morgan fingerprint density at radius 1 is 1.04 bits per heavy atom. The van der Waals surface area contributed by atoms with Gasteiger partial charge < -0.3 is 0 Å². The highest BCUT2D eigenvalue weighted by Gasteiger charge is 2.22. The predicted octanol–water partition coefficient (Wildman–Crippen LogP) is 4.16. The van der Waals surface area contributed by atoms with E-state index in [1.54, 1.807) is 30.5 Å². The monoisotopic (exact) mass is 398 g/mol. The second-order valence-electron chi connectivity index (χ2n) is 6.04. The summed E-state index contributed by atoms with van der Waals surface area (Å²) < 4.78 is 30.0. The zero-order chi connectivity index (χ0) is 19.0. The van der Waals surface area contributed by atoms with Crippen LogP contribution in [0, 0.1) is 6.92 Å². The Balaban J connectivity index is 1.89. The Kier molecular flexibility index (Phi) is 4.33. The van der Waals surface area contributed by atoms with E-state index in [9.17, 15) is 8.42 Å². The minimum Gasteiger partial charge on any atom is -0.267 e. The van der Waals surface area contributed by atoms with Crippen molar-refractivity contribution in [2.24, 2.45) is 0 Å². The first kappa shape index (κ1) is 17.5. The second kappa shape index (κ2) is 6.68. The van der Waals surface area contributed by atoms with Crippen LogP contribution in [0.5, 0.6) is 0 Å².